The Morgan fingerprint density at radius 2 is 1.96 bits per heavy atom. The fraction of sp³-hybridized carbons (Fsp3) is 0.0556. The Morgan fingerprint density at radius 3 is 2.61 bits per heavy atom. The quantitative estimate of drug-likeness (QED) is 0.667. The van der Waals surface area contributed by atoms with E-state index in [2.05, 4.69) is 4.98 Å². The average Bonchev–Trinajstić information content (AvgIpc) is 3.07. The second-order valence-electron chi connectivity index (χ2n) is 4.85. The van der Waals surface area contributed by atoms with Gasteiger partial charge in [0, 0.05) is 11.8 Å². The molecule has 0 unspecified atom stereocenters. The fourth-order valence-corrected chi connectivity index (χ4v) is 3.18. The Labute approximate surface area is 136 Å². The van der Waals surface area contributed by atoms with Crippen LogP contribution < -0.4 is 0 Å². The molecule has 0 N–H and O–H groups in total. The summed E-state index contributed by atoms with van der Waals surface area (Å²) in [5, 5.41) is 11.2. The van der Waals surface area contributed by atoms with Crippen molar-refractivity contribution in [3.05, 3.63) is 76.5 Å². The summed E-state index contributed by atoms with van der Waals surface area (Å²) in [6, 6.07) is 14.9. The fourth-order valence-electron chi connectivity index (χ4n) is 2.29. The van der Waals surface area contributed by atoms with E-state index in [4.69, 9.17) is 0 Å². The normalized spacial score (nSPS) is 11.7. The number of carbonyl (C=O) groups excluding carboxylic acids is 1. The zero-order valence-electron chi connectivity index (χ0n) is 11.9. The standard InChI is InChI=1S/C18H11FN2OS/c19-13-6-4-12(5-7-13)14-8-10-23-18(14)17(22)15(11-20)16-3-1-2-9-21-16/h1-10,15H/t15-/m0/s1. The third kappa shape index (κ3) is 3.03. The molecule has 0 bridgehead atoms. The van der Waals surface area contributed by atoms with Crippen LogP contribution in [0.1, 0.15) is 21.3 Å². The number of hydrogen-bond donors (Lipinski definition) is 0. The Kier molecular flexibility index (Phi) is 4.26. The van der Waals surface area contributed by atoms with Crippen molar-refractivity contribution in [1.29, 1.82) is 5.26 Å². The highest BCUT2D eigenvalue weighted by molar-refractivity contribution is 7.12. The number of carbonyl (C=O) groups is 1. The first-order valence-electron chi connectivity index (χ1n) is 6.89. The number of benzene rings is 1. The minimum absolute atomic E-state index is 0.291. The zero-order valence-corrected chi connectivity index (χ0v) is 12.8. The van der Waals surface area contributed by atoms with Gasteiger partial charge in [0.2, 0.25) is 0 Å². The third-order valence-electron chi connectivity index (χ3n) is 3.42. The maximum Gasteiger partial charge on any atom is 0.196 e. The van der Waals surface area contributed by atoms with Crippen LogP contribution in [0.4, 0.5) is 4.39 Å². The molecule has 0 aliphatic rings. The lowest BCUT2D eigenvalue weighted by Gasteiger charge is -2.08. The van der Waals surface area contributed by atoms with Gasteiger partial charge in [-0.25, -0.2) is 4.39 Å². The second kappa shape index (κ2) is 6.51. The van der Waals surface area contributed by atoms with Gasteiger partial charge in [-0.3, -0.25) is 9.78 Å². The van der Waals surface area contributed by atoms with Crippen molar-refractivity contribution < 1.29 is 9.18 Å². The monoisotopic (exact) mass is 322 g/mol. The second-order valence-corrected chi connectivity index (χ2v) is 5.77. The zero-order chi connectivity index (χ0) is 16.2. The molecule has 0 saturated heterocycles. The lowest BCUT2D eigenvalue weighted by molar-refractivity contribution is 0.0982. The van der Waals surface area contributed by atoms with E-state index in [9.17, 15) is 14.4 Å². The Morgan fingerprint density at radius 1 is 1.17 bits per heavy atom. The Balaban J connectivity index is 1.99. The Bertz CT molecular complexity index is 866. The van der Waals surface area contributed by atoms with Crippen molar-refractivity contribution in [1.82, 2.24) is 4.98 Å². The van der Waals surface area contributed by atoms with Crippen molar-refractivity contribution in [2.75, 3.05) is 0 Å². The Hall–Kier alpha value is -2.84. The molecule has 23 heavy (non-hydrogen) atoms. The highest BCUT2D eigenvalue weighted by Crippen LogP contribution is 2.32. The summed E-state index contributed by atoms with van der Waals surface area (Å²) < 4.78 is 13.1. The van der Waals surface area contributed by atoms with E-state index < -0.39 is 5.92 Å². The molecule has 0 radical (unpaired) electrons. The molecule has 3 aromatic rings. The average molecular weight is 322 g/mol. The molecule has 1 aromatic carbocycles. The van der Waals surface area contributed by atoms with Crippen LogP contribution in [0.3, 0.4) is 0 Å². The molecular formula is C18H11FN2OS. The highest BCUT2D eigenvalue weighted by Gasteiger charge is 2.26. The summed E-state index contributed by atoms with van der Waals surface area (Å²) >= 11 is 1.27. The first-order chi connectivity index (χ1) is 11.2. The van der Waals surface area contributed by atoms with Crippen LogP contribution >= 0.6 is 11.3 Å². The molecular weight excluding hydrogens is 311 g/mol. The number of halogens is 1. The first kappa shape index (κ1) is 15.1. The van der Waals surface area contributed by atoms with Crippen molar-refractivity contribution >= 4 is 17.1 Å². The molecule has 0 amide bonds. The number of ketones is 1. The molecule has 0 aliphatic heterocycles. The van der Waals surface area contributed by atoms with Crippen molar-refractivity contribution in [3.63, 3.8) is 0 Å². The van der Waals surface area contributed by atoms with Gasteiger partial charge >= 0.3 is 0 Å². The highest BCUT2D eigenvalue weighted by atomic mass is 32.1. The largest absolute Gasteiger partial charge is 0.291 e. The lowest BCUT2D eigenvalue weighted by atomic mass is 9.96. The van der Waals surface area contributed by atoms with Crippen molar-refractivity contribution in [2.24, 2.45) is 0 Å². The van der Waals surface area contributed by atoms with Crippen LogP contribution in [0.25, 0.3) is 11.1 Å². The van der Waals surface area contributed by atoms with E-state index in [1.807, 2.05) is 6.07 Å². The van der Waals surface area contributed by atoms with Crippen molar-refractivity contribution in [2.45, 2.75) is 5.92 Å². The molecule has 0 saturated carbocycles. The van der Waals surface area contributed by atoms with Crippen LogP contribution in [0.5, 0.6) is 0 Å². The van der Waals surface area contributed by atoms with Gasteiger partial charge in [0.15, 0.2) is 11.7 Å². The number of nitriles is 1. The maximum atomic E-state index is 13.1. The summed E-state index contributed by atoms with van der Waals surface area (Å²) in [7, 11) is 0. The number of Topliss-reactive ketones (excluding diaryl/α,β-unsaturated/α-hetero) is 1. The van der Waals surface area contributed by atoms with Crippen LogP contribution in [0.15, 0.2) is 60.1 Å². The molecule has 2 heterocycles. The van der Waals surface area contributed by atoms with E-state index in [0.29, 0.717) is 16.1 Å². The minimum Gasteiger partial charge on any atom is -0.291 e. The number of thiophene rings is 1. The number of aromatic nitrogens is 1. The SMILES string of the molecule is N#C[C@H](C(=O)c1sccc1-c1ccc(F)cc1)c1ccccn1. The van der Waals surface area contributed by atoms with Gasteiger partial charge < -0.3 is 0 Å². The van der Waals surface area contributed by atoms with Gasteiger partial charge in [-0.2, -0.15) is 5.26 Å². The van der Waals surface area contributed by atoms with E-state index in [1.54, 1.807) is 48.0 Å². The van der Waals surface area contributed by atoms with Crippen LogP contribution in [0, 0.1) is 17.1 Å². The first-order valence-corrected chi connectivity index (χ1v) is 7.77. The number of pyridine rings is 1. The van der Waals surface area contributed by atoms with Crippen LogP contribution in [-0.2, 0) is 0 Å². The molecule has 5 heteroatoms. The predicted octanol–water partition coefficient (Wildman–Crippen LogP) is 4.44. The van der Waals surface area contributed by atoms with Gasteiger partial charge in [-0.15, -0.1) is 11.3 Å². The molecule has 112 valence electrons. The molecule has 0 aliphatic carbocycles. The van der Waals surface area contributed by atoms with Gasteiger partial charge in [-0.05, 0) is 41.3 Å². The number of rotatable bonds is 4. The molecule has 3 rings (SSSR count). The summed E-state index contributed by atoms with van der Waals surface area (Å²) in [6.07, 6.45) is 1.56. The summed E-state index contributed by atoms with van der Waals surface area (Å²) in [6.45, 7) is 0. The molecule has 0 fully saturated rings. The van der Waals surface area contributed by atoms with E-state index >= 15 is 0 Å². The molecule has 2 aromatic heterocycles. The van der Waals surface area contributed by atoms with Crippen molar-refractivity contribution in [3.8, 4) is 17.2 Å². The summed E-state index contributed by atoms with van der Waals surface area (Å²) in [4.78, 5) is 17.4. The lowest BCUT2D eigenvalue weighted by Crippen LogP contribution is -2.12. The summed E-state index contributed by atoms with van der Waals surface area (Å²) in [5.41, 5.74) is 1.88. The maximum absolute atomic E-state index is 13.1. The van der Waals surface area contributed by atoms with Gasteiger partial charge in [0.05, 0.1) is 16.6 Å². The van der Waals surface area contributed by atoms with E-state index in [0.717, 1.165) is 5.56 Å². The third-order valence-corrected chi connectivity index (χ3v) is 4.35. The van der Waals surface area contributed by atoms with Gasteiger partial charge in [-0.1, -0.05) is 18.2 Å². The molecule has 0 spiro atoms. The van der Waals surface area contributed by atoms with Crippen LogP contribution in [-0.4, -0.2) is 10.8 Å². The van der Waals surface area contributed by atoms with Crippen LogP contribution in [0.2, 0.25) is 0 Å². The smallest absolute Gasteiger partial charge is 0.196 e. The summed E-state index contributed by atoms with van der Waals surface area (Å²) in [5.74, 6) is -1.57. The van der Waals surface area contributed by atoms with E-state index in [1.165, 1.54) is 23.5 Å². The number of nitrogens with zero attached hydrogens (tertiary/aromatic N) is 2. The topological polar surface area (TPSA) is 53.8 Å². The minimum atomic E-state index is -0.950. The number of hydrogen-bond acceptors (Lipinski definition) is 4. The molecule has 3 nitrogen and oxygen atoms in total. The predicted molar refractivity (Wildman–Crippen MR) is 86.6 cm³/mol. The van der Waals surface area contributed by atoms with Gasteiger partial charge in [0.1, 0.15) is 5.82 Å². The van der Waals surface area contributed by atoms with Gasteiger partial charge in [0.25, 0.3) is 0 Å². The van der Waals surface area contributed by atoms with E-state index in [-0.39, 0.29) is 11.6 Å². The molecule has 1 atom stereocenters.